The molecule has 0 heterocycles. The highest BCUT2D eigenvalue weighted by Crippen LogP contribution is 2.41. The van der Waals surface area contributed by atoms with E-state index in [4.69, 9.17) is 10.2 Å². The first-order valence-electron chi connectivity index (χ1n) is 8.27. The fourth-order valence-corrected chi connectivity index (χ4v) is 4.08. The second-order valence-corrected chi connectivity index (χ2v) is 12.8. The van der Waals surface area contributed by atoms with Crippen LogP contribution in [0.25, 0.3) is 0 Å². The monoisotopic (exact) mass is 337 g/mol. The topological polar surface area (TPSA) is 52.3 Å². The van der Waals surface area contributed by atoms with E-state index in [1.54, 1.807) is 12.1 Å². The van der Waals surface area contributed by atoms with E-state index in [1.165, 1.54) is 6.07 Å². The molecule has 0 aliphatic heterocycles. The number of nitrogen functional groups attached to an aromatic ring is 1. The summed E-state index contributed by atoms with van der Waals surface area (Å²) >= 11 is 0. The van der Waals surface area contributed by atoms with Gasteiger partial charge in [-0.1, -0.05) is 26.8 Å². The molecular formula is C18H28FNO2Si. The molecule has 0 unspecified atom stereocenters. The Balaban J connectivity index is 2.18. The van der Waals surface area contributed by atoms with Crippen molar-refractivity contribution in [3.8, 4) is 0 Å². The molecule has 128 valence electrons. The third-order valence-corrected chi connectivity index (χ3v) is 9.79. The number of carbonyl (C=O) groups is 1. The van der Waals surface area contributed by atoms with Crippen LogP contribution in [0.2, 0.25) is 18.1 Å². The minimum absolute atomic E-state index is 0.0167. The molecule has 2 N–H and O–H groups in total. The van der Waals surface area contributed by atoms with Crippen LogP contribution in [0.3, 0.4) is 0 Å². The van der Waals surface area contributed by atoms with Crippen LogP contribution in [0.4, 0.5) is 10.1 Å². The van der Waals surface area contributed by atoms with Crippen LogP contribution in [0.5, 0.6) is 0 Å². The molecule has 3 nitrogen and oxygen atoms in total. The Morgan fingerprint density at radius 2 is 1.96 bits per heavy atom. The minimum Gasteiger partial charge on any atom is -0.407 e. The van der Waals surface area contributed by atoms with Crippen LogP contribution in [0, 0.1) is 5.82 Å². The summed E-state index contributed by atoms with van der Waals surface area (Å²) in [6.07, 6.45) is 1.28. The van der Waals surface area contributed by atoms with Gasteiger partial charge in [0.1, 0.15) is 11.9 Å². The molecule has 0 saturated heterocycles. The number of hydrogen-bond acceptors (Lipinski definition) is 3. The van der Waals surface area contributed by atoms with E-state index in [9.17, 15) is 9.18 Å². The lowest BCUT2D eigenvalue weighted by atomic mass is 9.81. The van der Waals surface area contributed by atoms with E-state index in [1.807, 2.05) is 0 Å². The van der Waals surface area contributed by atoms with Crippen molar-refractivity contribution in [3.63, 3.8) is 0 Å². The summed E-state index contributed by atoms with van der Waals surface area (Å²) < 4.78 is 20.5. The van der Waals surface area contributed by atoms with Gasteiger partial charge in [-0.25, -0.2) is 4.39 Å². The molecule has 23 heavy (non-hydrogen) atoms. The van der Waals surface area contributed by atoms with E-state index in [2.05, 4.69) is 33.9 Å². The van der Waals surface area contributed by atoms with Gasteiger partial charge in [-0.2, -0.15) is 0 Å². The van der Waals surface area contributed by atoms with Crippen molar-refractivity contribution in [1.29, 1.82) is 0 Å². The summed E-state index contributed by atoms with van der Waals surface area (Å²) in [7, 11) is -2.02. The van der Waals surface area contributed by atoms with Crippen molar-refractivity contribution in [2.75, 3.05) is 5.73 Å². The molecule has 1 aromatic rings. The first-order valence-corrected chi connectivity index (χ1v) is 11.2. The van der Waals surface area contributed by atoms with Gasteiger partial charge < -0.3 is 10.2 Å². The number of rotatable bonds is 3. The molecule has 5 heteroatoms. The first-order chi connectivity index (χ1) is 10.5. The molecule has 0 bridgehead atoms. The molecule has 1 aliphatic carbocycles. The van der Waals surface area contributed by atoms with Crippen LogP contribution >= 0.6 is 0 Å². The van der Waals surface area contributed by atoms with E-state index < -0.39 is 14.4 Å². The fourth-order valence-electron chi connectivity index (χ4n) is 2.79. The predicted octanol–water partition coefficient (Wildman–Crippen LogP) is 4.63. The molecule has 2 rings (SSSR count). The highest BCUT2D eigenvalue weighted by molar-refractivity contribution is 6.74. The molecule has 0 radical (unpaired) electrons. The van der Waals surface area contributed by atoms with Gasteiger partial charge in [0.2, 0.25) is 0 Å². The van der Waals surface area contributed by atoms with Gasteiger partial charge in [-0.3, -0.25) is 4.79 Å². The number of hydrogen-bond donors (Lipinski definition) is 1. The zero-order valence-electron chi connectivity index (χ0n) is 14.8. The molecule has 0 aromatic heterocycles. The lowest BCUT2D eigenvalue weighted by Crippen LogP contribution is -2.47. The van der Waals surface area contributed by atoms with E-state index >= 15 is 0 Å². The Hall–Kier alpha value is -1.20. The Kier molecular flexibility index (Phi) is 5.02. The second-order valence-electron chi connectivity index (χ2n) is 8.09. The van der Waals surface area contributed by atoms with E-state index in [-0.39, 0.29) is 22.6 Å². The number of ketones is 1. The largest absolute Gasteiger partial charge is 0.407 e. The standard InChI is InChI=1S/C18H28FNO2Si/c1-18(2,3)23(4,5)22-17-10-12(6-9-16(17)21)14-8-7-13(20)11-15(14)19/h7-8,11-12,17H,6,9-10,20H2,1-5H3/t12-,17-/m1/s1. The van der Waals surface area contributed by atoms with Gasteiger partial charge in [0.05, 0.1) is 0 Å². The Morgan fingerprint density at radius 1 is 1.30 bits per heavy atom. The van der Waals surface area contributed by atoms with E-state index in [0.29, 0.717) is 30.5 Å². The Morgan fingerprint density at radius 3 is 2.52 bits per heavy atom. The number of nitrogens with two attached hydrogens (primary N) is 1. The summed E-state index contributed by atoms with van der Waals surface area (Å²) in [5, 5.41) is 0.0483. The maximum atomic E-state index is 14.2. The second kappa shape index (κ2) is 6.36. The van der Waals surface area contributed by atoms with Crippen LogP contribution in [-0.4, -0.2) is 20.2 Å². The number of Topliss-reactive ketones (excluding diaryl/α,β-unsaturated/α-hetero) is 1. The molecule has 2 atom stereocenters. The summed E-state index contributed by atoms with van der Waals surface area (Å²) in [5.74, 6) is -0.111. The first kappa shape index (κ1) is 18.1. The zero-order chi connectivity index (χ0) is 17.4. The molecular weight excluding hydrogens is 309 g/mol. The van der Waals surface area contributed by atoms with Crippen molar-refractivity contribution in [2.24, 2.45) is 0 Å². The number of benzene rings is 1. The molecule has 0 amide bonds. The fraction of sp³-hybridized carbons (Fsp3) is 0.611. The normalized spacial score (nSPS) is 23.1. The van der Waals surface area contributed by atoms with Crippen molar-refractivity contribution >= 4 is 19.8 Å². The zero-order valence-corrected chi connectivity index (χ0v) is 15.8. The maximum Gasteiger partial charge on any atom is 0.193 e. The predicted molar refractivity (Wildman–Crippen MR) is 94.5 cm³/mol. The van der Waals surface area contributed by atoms with Gasteiger partial charge >= 0.3 is 0 Å². The smallest absolute Gasteiger partial charge is 0.193 e. The number of anilines is 1. The van der Waals surface area contributed by atoms with Gasteiger partial charge in [0, 0.05) is 12.1 Å². The van der Waals surface area contributed by atoms with E-state index in [0.717, 1.165) is 0 Å². The Labute approximate surface area is 139 Å². The van der Waals surface area contributed by atoms with Crippen LogP contribution < -0.4 is 5.73 Å². The van der Waals surface area contributed by atoms with Gasteiger partial charge in [-0.05, 0) is 54.6 Å². The average Bonchev–Trinajstić information content (AvgIpc) is 2.40. The average molecular weight is 338 g/mol. The van der Waals surface area contributed by atoms with Crippen molar-refractivity contribution in [2.45, 2.75) is 70.2 Å². The lowest BCUT2D eigenvalue weighted by molar-refractivity contribution is -0.128. The summed E-state index contributed by atoms with van der Waals surface area (Å²) in [5.41, 5.74) is 6.70. The van der Waals surface area contributed by atoms with Gasteiger partial charge in [0.15, 0.2) is 14.1 Å². The summed E-state index contributed by atoms with van der Waals surface area (Å²) in [4.78, 5) is 12.3. The molecule has 1 aromatic carbocycles. The molecule has 0 spiro atoms. The third-order valence-electron chi connectivity index (χ3n) is 5.30. The molecule has 1 saturated carbocycles. The SMILES string of the molecule is CC(C)(C)[Si](C)(C)O[C@@H]1C[C@H](c2ccc(N)cc2F)CCC1=O. The van der Waals surface area contributed by atoms with Crippen molar-refractivity contribution in [3.05, 3.63) is 29.6 Å². The van der Waals surface area contributed by atoms with Crippen molar-refractivity contribution in [1.82, 2.24) is 0 Å². The summed E-state index contributed by atoms with van der Waals surface area (Å²) in [6.45, 7) is 10.8. The maximum absolute atomic E-state index is 14.2. The highest BCUT2D eigenvalue weighted by atomic mass is 28.4. The minimum atomic E-state index is -2.02. The summed E-state index contributed by atoms with van der Waals surface area (Å²) in [6, 6.07) is 4.82. The highest BCUT2D eigenvalue weighted by Gasteiger charge is 2.42. The van der Waals surface area contributed by atoms with Gasteiger partial charge in [-0.15, -0.1) is 0 Å². The molecule has 1 fully saturated rings. The van der Waals surface area contributed by atoms with Crippen molar-refractivity contribution < 1.29 is 13.6 Å². The molecule has 1 aliphatic rings. The lowest BCUT2D eigenvalue weighted by Gasteiger charge is -2.41. The van der Waals surface area contributed by atoms with Crippen LogP contribution in [-0.2, 0) is 9.22 Å². The van der Waals surface area contributed by atoms with Crippen LogP contribution in [0.15, 0.2) is 18.2 Å². The van der Waals surface area contributed by atoms with Crippen LogP contribution in [0.1, 0.15) is 51.5 Å². The third kappa shape index (κ3) is 4.01. The quantitative estimate of drug-likeness (QED) is 0.646. The van der Waals surface area contributed by atoms with Gasteiger partial charge in [0.25, 0.3) is 0 Å². The number of carbonyl (C=O) groups excluding carboxylic acids is 1. The number of halogens is 1. The Bertz CT molecular complexity index is 595.